The van der Waals surface area contributed by atoms with E-state index in [-0.39, 0.29) is 18.9 Å². The molecule has 11 heteroatoms. The molecule has 2 aromatic rings. The molecule has 1 aliphatic rings. The van der Waals surface area contributed by atoms with Crippen molar-refractivity contribution < 1.29 is 27.5 Å². The number of carbonyl (C=O) groups excluding carboxylic acids is 1. The van der Waals surface area contributed by atoms with Gasteiger partial charge in [0, 0.05) is 5.56 Å². The summed E-state index contributed by atoms with van der Waals surface area (Å²) in [5.41, 5.74) is 3.55. The molecule has 29 heavy (non-hydrogen) atoms. The Morgan fingerprint density at radius 1 is 1.38 bits per heavy atom. The predicted octanol–water partition coefficient (Wildman–Crippen LogP) is 4.47. The van der Waals surface area contributed by atoms with E-state index in [4.69, 9.17) is 21.2 Å². The van der Waals surface area contributed by atoms with Crippen LogP contribution in [0.15, 0.2) is 41.6 Å². The number of carbonyl (C=O) groups is 1. The number of pyridine rings is 1. The molecule has 0 bridgehead atoms. The molecule has 1 saturated heterocycles. The zero-order chi connectivity index (χ0) is 21.0. The Hall–Kier alpha value is -3.01. The molecule has 0 unspecified atom stereocenters. The van der Waals surface area contributed by atoms with Gasteiger partial charge in [-0.1, -0.05) is 28.9 Å². The molecule has 0 radical (unpaired) electrons. The molecule has 1 aromatic heterocycles. The Morgan fingerprint density at radius 3 is 2.86 bits per heavy atom. The fourth-order valence-corrected chi connectivity index (χ4v) is 2.60. The lowest BCUT2D eigenvalue weighted by Crippen LogP contribution is -2.30. The normalized spacial score (nSPS) is 14.7. The maximum absolute atomic E-state index is 12.7. The maximum atomic E-state index is 12.7. The third-order valence-corrected chi connectivity index (χ3v) is 4.24. The number of halogens is 4. The van der Waals surface area contributed by atoms with E-state index >= 15 is 0 Å². The van der Waals surface area contributed by atoms with Gasteiger partial charge in [0.1, 0.15) is 12.3 Å². The lowest BCUT2D eigenvalue weighted by Gasteiger charge is -2.17. The largest absolute Gasteiger partial charge is 0.446 e. The minimum Gasteiger partial charge on any atom is -0.446 e. The number of cyclic esters (lactones) is 1. The molecule has 0 atom stereocenters. The molecule has 1 aromatic carbocycles. The van der Waals surface area contributed by atoms with Crippen LogP contribution in [0.2, 0.25) is 5.02 Å². The molecular weight excluding hydrogens is 413 g/mol. The Labute approximate surface area is 169 Å². The number of hydrazine groups is 1. The number of alkyl halides is 3. The van der Waals surface area contributed by atoms with Gasteiger partial charge >= 0.3 is 12.3 Å². The van der Waals surface area contributed by atoms with Crippen molar-refractivity contribution in [3.8, 4) is 0 Å². The molecule has 1 aliphatic heterocycles. The molecule has 0 aliphatic carbocycles. The number of hydrogen-bond donors (Lipinski definition) is 1. The summed E-state index contributed by atoms with van der Waals surface area (Å²) in [4.78, 5) is 20.2. The van der Waals surface area contributed by atoms with E-state index in [1.54, 1.807) is 25.1 Å². The maximum Gasteiger partial charge on any atom is 0.433 e. The van der Waals surface area contributed by atoms with E-state index < -0.39 is 18.0 Å². The van der Waals surface area contributed by atoms with Gasteiger partial charge in [0.05, 0.1) is 28.7 Å². The summed E-state index contributed by atoms with van der Waals surface area (Å²) in [6.45, 7) is 2.09. The smallest absolute Gasteiger partial charge is 0.433 e. The summed E-state index contributed by atoms with van der Waals surface area (Å²) in [6.07, 6.45) is -5.03. The quantitative estimate of drug-likeness (QED) is 0.542. The highest BCUT2D eigenvalue weighted by molar-refractivity contribution is 6.33. The number of anilines is 1. The van der Waals surface area contributed by atoms with Gasteiger partial charge in [-0.25, -0.2) is 14.8 Å². The molecule has 1 amide bonds. The lowest BCUT2D eigenvalue weighted by molar-refractivity contribution is -0.141. The minimum absolute atomic E-state index is 0.0994. The Kier molecular flexibility index (Phi) is 6.12. The van der Waals surface area contributed by atoms with Crippen LogP contribution in [0.3, 0.4) is 0 Å². The molecule has 1 fully saturated rings. The molecular formula is C18H16ClF3N4O3. The first-order chi connectivity index (χ1) is 13.7. The van der Waals surface area contributed by atoms with Crippen LogP contribution in [0.5, 0.6) is 0 Å². The Balaban J connectivity index is 1.67. The molecule has 0 spiro atoms. The second-order valence-electron chi connectivity index (χ2n) is 6.03. The number of amides is 1. The predicted molar refractivity (Wildman–Crippen MR) is 99.4 cm³/mol. The number of aromatic nitrogens is 1. The van der Waals surface area contributed by atoms with Crippen LogP contribution in [-0.2, 0) is 22.4 Å². The van der Waals surface area contributed by atoms with Gasteiger partial charge in [0.2, 0.25) is 0 Å². The van der Waals surface area contributed by atoms with Gasteiger partial charge in [0.15, 0.2) is 6.61 Å². The zero-order valence-electron chi connectivity index (χ0n) is 15.2. The van der Waals surface area contributed by atoms with Gasteiger partial charge in [-0.05, 0) is 31.2 Å². The summed E-state index contributed by atoms with van der Waals surface area (Å²) in [6, 6.07) is 8.54. The third kappa shape index (κ3) is 5.29. The van der Waals surface area contributed by atoms with Crippen molar-refractivity contribution in [2.24, 2.45) is 5.16 Å². The topological polar surface area (TPSA) is 76.1 Å². The summed E-state index contributed by atoms with van der Waals surface area (Å²) >= 11 is 6.15. The van der Waals surface area contributed by atoms with Crippen LogP contribution < -0.4 is 5.43 Å². The number of oxime groups is 1. The van der Waals surface area contributed by atoms with Crippen LogP contribution in [0, 0.1) is 0 Å². The first-order valence-corrected chi connectivity index (χ1v) is 8.82. The van der Waals surface area contributed by atoms with Crippen LogP contribution >= 0.6 is 11.6 Å². The van der Waals surface area contributed by atoms with Crippen molar-refractivity contribution in [2.45, 2.75) is 19.7 Å². The fraction of sp³-hybridized carbons (Fsp3) is 0.278. The average Bonchev–Trinajstić information content (AvgIpc) is 3.07. The zero-order valence-corrected chi connectivity index (χ0v) is 15.9. The number of rotatable bonds is 6. The summed E-state index contributed by atoms with van der Waals surface area (Å²) in [5.74, 6) is 0. The van der Waals surface area contributed by atoms with Gasteiger partial charge in [-0.2, -0.15) is 13.2 Å². The second-order valence-corrected chi connectivity index (χ2v) is 6.44. The summed E-state index contributed by atoms with van der Waals surface area (Å²) in [7, 11) is 0. The van der Waals surface area contributed by atoms with Crippen molar-refractivity contribution in [1.29, 1.82) is 0 Å². The van der Waals surface area contributed by atoms with Crippen molar-refractivity contribution in [3.63, 3.8) is 0 Å². The number of nitrogens with zero attached hydrogens (tertiary/aromatic N) is 3. The van der Waals surface area contributed by atoms with E-state index in [1.807, 2.05) is 0 Å². The van der Waals surface area contributed by atoms with E-state index in [2.05, 4.69) is 15.6 Å². The number of benzene rings is 1. The van der Waals surface area contributed by atoms with E-state index in [1.165, 1.54) is 17.1 Å². The first kappa shape index (κ1) is 20.7. The van der Waals surface area contributed by atoms with Crippen molar-refractivity contribution >= 4 is 29.1 Å². The highest BCUT2D eigenvalue weighted by Crippen LogP contribution is 2.27. The molecule has 1 N–H and O–H groups in total. The molecule has 7 nitrogen and oxygen atoms in total. The Morgan fingerprint density at radius 2 is 2.17 bits per heavy atom. The molecule has 2 heterocycles. The SMILES string of the molecule is CC(=NOCc1cccc(C(F)(F)F)n1)c1ccc(Cl)c(NN2CCOC2=O)c1. The molecule has 0 saturated carbocycles. The van der Waals surface area contributed by atoms with Crippen LogP contribution in [0.25, 0.3) is 0 Å². The van der Waals surface area contributed by atoms with E-state index in [9.17, 15) is 18.0 Å². The Bertz CT molecular complexity index is 937. The highest BCUT2D eigenvalue weighted by atomic mass is 35.5. The molecule has 3 rings (SSSR count). The van der Waals surface area contributed by atoms with Crippen LogP contribution in [-0.4, -0.2) is 34.9 Å². The van der Waals surface area contributed by atoms with E-state index in [0.717, 1.165) is 6.07 Å². The van der Waals surface area contributed by atoms with Gasteiger partial charge < -0.3 is 9.57 Å². The average molecular weight is 429 g/mol. The second kappa shape index (κ2) is 8.56. The standard InChI is InChI=1S/C18H16ClF3N4O3/c1-11(25-29-10-13-3-2-4-16(23-13)18(20,21)22)12-5-6-14(19)15(9-12)24-26-7-8-28-17(26)27/h2-6,9,24H,7-8,10H2,1H3. The van der Waals surface area contributed by atoms with Gasteiger partial charge in [0.25, 0.3) is 0 Å². The van der Waals surface area contributed by atoms with Crippen molar-refractivity contribution in [2.75, 3.05) is 18.6 Å². The summed E-state index contributed by atoms with van der Waals surface area (Å²) < 4.78 is 42.9. The number of nitrogens with one attached hydrogen (secondary N) is 1. The number of ether oxygens (including phenoxy) is 1. The minimum atomic E-state index is -4.52. The van der Waals surface area contributed by atoms with Crippen LogP contribution in [0.4, 0.5) is 23.7 Å². The monoisotopic (exact) mass is 428 g/mol. The third-order valence-electron chi connectivity index (χ3n) is 3.91. The van der Waals surface area contributed by atoms with E-state index in [0.29, 0.717) is 28.5 Å². The van der Waals surface area contributed by atoms with Crippen LogP contribution in [0.1, 0.15) is 23.9 Å². The molecule has 154 valence electrons. The van der Waals surface area contributed by atoms with Crippen molar-refractivity contribution in [1.82, 2.24) is 9.99 Å². The highest BCUT2D eigenvalue weighted by Gasteiger charge is 2.32. The summed E-state index contributed by atoms with van der Waals surface area (Å²) in [5, 5.41) is 5.59. The first-order valence-electron chi connectivity index (χ1n) is 8.44. The van der Waals surface area contributed by atoms with Gasteiger partial charge in [-0.15, -0.1) is 0 Å². The lowest BCUT2D eigenvalue weighted by atomic mass is 10.1. The van der Waals surface area contributed by atoms with Gasteiger partial charge in [-0.3, -0.25) is 5.43 Å². The fourth-order valence-electron chi connectivity index (χ4n) is 2.44. The number of hydrogen-bond acceptors (Lipinski definition) is 6. The van der Waals surface area contributed by atoms with Crippen molar-refractivity contribution in [3.05, 3.63) is 58.4 Å².